The Bertz CT molecular complexity index is 2400. The second-order valence-electron chi connectivity index (χ2n) is 13.1. The first-order valence-corrected chi connectivity index (χ1v) is 15.1. The van der Waals surface area contributed by atoms with Crippen LogP contribution in [-0.2, 0) is 30.9 Å². The first kappa shape index (κ1) is 27.7. The summed E-state index contributed by atoms with van der Waals surface area (Å²) in [6, 6.07) is 29.6. The molecule has 0 saturated carbocycles. The van der Waals surface area contributed by atoms with Crippen LogP contribution in [0.1, 0.15) is 59.5 Å². The predicted molar refractivity (Wildman–Crippen MR) is 187 cm³/mol. The van der Waals surface area contributed by atoms with Crippen molar-refractivity contribution in [1.29, 1.82) is 0 Å². The second kappa shape index (κ2) is 13.7. The molecule has 0 unspecified atom stereocenters. The fourth-order valence-corrected chi connectivity index (χ4v) is 5.38. The van der Waals surface area contributed by atoms with Gasteiger partial charge in [-0.15, -0.1) is 53.1 Å². The molecule has 0 spiro atoms. The Balaban J connectivity index is 0.000000217. The molecule has 0 amide bonds. The molecular formula is C42H37FIrN2O-2. The van der Waals surface area contributed by atoms with Gasteiger partial charge in [0.05, 0.1) is 18.0 Å². The summed E-state index contributed by atoms with van der Waals surface area (Å²) in [6.07, 6.45) is 1.32. The Labute approximate surface area is 297 Å². The molecule has 0 aliphatic heterocycles. The van der Waals surface area contributed by atoms with E-state index < -0.39 is 0 Å². The van der Waals surface area contributed by atoms with Gasteiger partial charge in [-0.1, -0.05) is 107 Å². The molecule has 0 aliphatic carbocycles. The quantitative estimate of drug-likeness (QED) is 0.167. The number of hydrogen-bond donors (Lipinski definition) is 0. The zero-order valence-electron chi connectivity index (χ0n) is 32.1. The Kier molecular flexibility index (Phi) is 8.08. The molecule has 7 aromatic rings. The summed E-state index contributed by atoms with van der Waals surface area (Å²) >= 11 is 0. The minimum Gasteiger partial charge on any atom is -0.500 e. The van der Waals surface area contributed by atoms with Crippen molar-refractivity contribution in [3.05, 3.63) is 144 Å². The maximum atomic E-state index is 15.0. The number of aromatic nitrogens is 2. The van der Waals surface area contributed by atoms with Gasteiger partial charge >= 0.3 is 0 Å². The number of furan rings is 1. The van der Waals surface area contributed by atoms with Gasteiger partial charge in [-0.25, -0.2) is 4.39 Å². The largest absolute Gasteiger partial charge is 0.500 e. The van der Waals surface area contributed by atoms with Gasteiger partial charge in [-0.3, -0.25) is 0 Å². The van der Waals surface area contributed by atoms with Gasteiger partial charge in [0.15, 0.2) is 0 Å². The zero-order valence-corrected chi connectivity index (χ0v) is 29.5. The van der Waals surface area contributed by atoms with Gasteiger partial charge in [0.25, 0.3) is 0 Å². The van der Waals surface area contributed by atoms with Crippen molar-refractivity contribution in [2.24, 2.45) is 0 Å². The average molecular weight is 802 g/mol. The van der Waals surface area contributed by atoms with Crippen LogP contribution < -0.4 is 0 Å². The van der Waals surface area contributed by atoms with Crippen molar-refractivity contribution < 1.29 is 35.8 Å². The molecule has 3 aromatic heterocycles. The number of nitrogens with zero attached hydrogens (tertiary/aromatic N) is 2. The molecule has 0 atom stereocenters. The van der Waals surface area contributed by atoms with E-state index in [1.54, 1.807) is 30.5 Å². The molecule has 7 rings (SSSR count). The molecule has 47 heavy (non-hydrogen) atoms. The van der Waals surface area contributed by atoms with E-state index >= 15 is 4.39 Å². The molecule has 5 heteroatoms. The SMILES string of the molecule is [2H]c1ccnc(-c2[c-]cc(C(C)(C)C)c3c2oc2c(-c4ccccc4)c(F)ccc23)c1.[2H]c1nc(-c2[c-]cc(C(C)(C)C)cc2)c([2H])c([2H])c1[2H].[Ir]. The average Bonchev–Trinajstić information content (AvgIpc) is 3.47. The zero-order chi connectivity index (χ0) is 36.8. The molecular weight excluding hydrogens is 760 g/mol. The number of benzene rings is 4. The maximum Gasteiger partial charge on any atom is 0.134 e. The minimum atomic E-state index is -0.327. The third-order valence-corrected chi connectivity index (χ3v) is 7.80. The number of fused-ring (bicyclic) bond motifs is 3. The van der Waals surface area contributed by atoms with Crippen LogP contribution in [0.15, 0.2) is 120 Å². The smallest absolute Gasteiger partial charge is 0.134 e. The number of pyridine rings is 2. The normalized spacial score (nSPS) is 13.0. The van der Waals surface area contributed by atoms with E-state index in [0.717, 1.165) is 27.5 Å². The third kappa shape index (κ3) is 7.12. The summed E-state index contributed by atoms with van der Waals surface area (Å²) in [6.45, 7) is 12.7. The summed E-state index contributed by atoms with van der Waals surface area (Å²) in [5.74, 6) is -0.327. The van der Waals surface area contributed by atoms with Crippen molar-refractivity contribution in [2.45, 2.75) is 52.4 Å². The summed E-state index contributed by atoms with van der Waals surface area (Å²) < 4.78 is 60.0. The van der Waals surface area contributed by atoms with E-state index in [2.05, 4.69) is 63.6 Å². The molecule has 1 radical (unpaired) electrons. The Morgan fingerprint density at radius 3 is 2.21 bits per heavy atom. The first-order chi connectivity index (χ1) is 24.1. The van der Waals surface area contributed by atoms with Gasteiger partial charge in [0, 0.05) is 37.9 Å². The minimum absolute atomic E-state index is 0. The van der Waals surface area contributed by atoms with Gasteiger partial charge in [-0.2, -0.15) is 0 Å². The Hall–Kier alpha value is -4.44. The Morgan fingerprint density at radius 2 is 1.53 bits per heavy atom. The second-order valence-corrected chi connectivity index (χ2v) is 13.1. The number of rotatable bonds is 3. The maximum absolute atomic E-state index is 15.0. The predicted octanol–water partition coefficient (Wildman–Crippen LogP) is 11.4. The van der Waals surface area contributed by atoms with Crippen LogP contribution in [0.2, 0.25) is 0 Å². The molecule has 4 aromatic carbocycles. The monoisotopic (exact) mass is 802 g/mol. The third-order valence-electron chi connectivity index (χ3n) is 7.80. The van der Waals surface area contributed by atoms with Crippen LogP contribution in [0.3, 0.4) is 0 Å². The van der Waals surface area contributed by atoms with Crippen LogP contribution in [-0.4, -0.2) is 9.97 Å². The van der Waals surface area contributed by atoms with E-state index in [9.17, 15) is 0 Å². The van der Waals surface area contributed by atoms with Gasteiger partial charge in [-0.05, 0) is 52.0 Å². The molecule has 239 valence electrons. The van der Waals surface area contributed by atoms with Crippen LogP contribution in [0.5, 0.6) is 0 Å². The van der Waals surface area contributed by atoms with Crippen molar-refractivity contribution >= 4 is 21.9 Å². The molecule has 3 nitrogen and oxygen atoms in total. The van der Waals surface area contributed by atoms with Crippen molar-refractivity contribution in [1.82, 2.24) is 9.97 Å². The summed E-state index contributed by atoms with van der Waals surface area (Å²) in [5.41, 5.74) is 6.45. The summed E-state index contributed by atoms with van der Waals surface area (Å²) in [7, 11) is 0. The van der Waals surface area contributed by atoms with Gasteiger partial charge in [0.2, 0.25) is 0 Å². The van der Waals surface area contributed by atoms with E-state index in [1.807, 2.05) is 48.5 Å². The van der Waals surface area contributed by atoms with Crippen LogP contribution >= 0.6 is 0 Å². The Morgan fingerprint density at radius 1 is 0.745 bits per heavy atom. The first-order valence-electron chi connectivity index (χ1n) is 17.6. The molecule has 0 aliphatic rings. The molecule has 0 saturated heterocycles. The molecule has 3 heterocycles. The molecule has 0 N–H and O–H groups in total. The summed E-state index contributed by atoms with van der Waals surface area (Å²) in [4.78, 5) is 8.37. The van der Waals surface area contributed by atoms with Crippen LogP contribution in [0, 0.1) is 17.9 Å². The van der Waals surface area contributed by atoms with Crippen molar-refractivity contribution in [3.63, 3.8) is 0 Å². The van der Waals surface area contributed by atoms with Crippen molar-refractivity contribution in [2.75, 3.05) is 0 Å². The fourth-order valence-electron chi connectivity index (χ4n) is 5.38. The van der Waals surface area contributed by atoms with Crippen molar-refractivity contribution in [3.8, 4) is 33.6 Å². The van der Waals surface area contributed by atoms with E-state index in [-0.39, 0.29) is 66.7 Å². The van der Waals surface area contributed by atoms with Crippen LogP contribution in [0.25, 0.3) is 55.6 Å². The molecule has 0 fully saturated rings. The van der Waals surface area contributed by atoms with E-state index in [4.69, 9.17) is 11.3 Å². The number of hydrogen-bond acceptors (Lipinski definition) is 3. The topological polar surface area (TPSA) is 38.9 Å². The van der Waals surface area contributed by atoms with Gasteiger partial charge in [0.1, 0.15) is 11.4 Å². The van der Waals surface area contributed by atoms with E-state index in [0.29, 0.717) is 39.6 Å². The van der Waals surface area contributed by atoms with Gasteiger partial charge < -0.3 is 14.4 Å². The van der Waals surface area contributed by atoms with Crippen LogP contribution in [0.4, 0.5) is 4.39 Å². The molecule has 0 bridgehead atoms. The number of halogens is 1. The van der Waals surface area contributed by atoms with E-state index in [1.165, 1.54) is 6.07 Å². The fraction of sp³-hybridized carbons (Fsp3) is 0.190. The standard InChI is InChI=1S/C27H21FNO.C15H16N.Ir/c1-27(2,3)20-14-12-18(22-11-7-8-16-29-22)25-24(20)19-13-15-21(28)23(26(19)30-25)17-9-5-4-6-10-17;1-15(2,3)13-9-7-12(8-10-13)14-6-4-5-11-16-14;/h4-11,13-16H,1-3H3;4-7,9-11H,1-3H3;/q2*-1;/i7D;4D,5D,6D,11D;. The summed E-state index contributed by atoms with van der Waals surface area (Å²) in [5, 5.41) is 1.79.